The lowest BCUT2D eigenvalue weighted by Crippen LogP contribution is -2.72. The van der Waals surface area contributed by atoms with Crippen molar-refractivity contribution < 1.29 is 0 Å². The predicted octanol–water partition coefficient (Wildman–Crippen LogP) is 3.66. The Kier molecular flexibility index (Phi) is 6.06. The number of likely N-dealkylation sites (tertiary alicyclic amines) is 1. The summed E-state index contributed by atoms with van der Waals surface area (Å²) in [6.07, 6.45) is 0. The van der Waals surface area contributed by atoms with E-state index in [-0.39, 0.29) is 29.5 Å². The monoisotopic (exact) mass is 422 g/mol. The van der Waals surface area contributed by atoms with Gasteiger partial charge in [0.25, 0.3) is 0 Å². The molecule has 1 aliphatic rings. The fourth-order valence-electron chi connectivity index (χ4n) is 2.42. The Hall–Kier alpha value is -0.370. The molecule has 0 atom stereocenters. The van der Waals surface area contributed by atoms with Crippen LogP contribution in [0.3, 0.4) is 0 Å². The van der Waals surface area contributed by atoms with Gasteiger partial charge < -0.3 is 10.2 Å². The first-order valence-electron chi connectivity index (χ1n) is 7.24. The highest BCUT2D eigenvalue weighted by atomic mass is 127. The van der Waals surface area contributed by atoms with Gasteiger partial charge in [-0.2, -0.15) is 0 Å². The first-order chi connectivity index (χ1) is 9.29. The van der Waals surface area contributed by atoms with Crippen LogP contribution in [0.1, 0.15) is 45.2 Å². The van der Waals surface area contributed by atoms with Crippen molar-refractivity contribution in [1.29, 1.82) is 0 Å². The fraction of sp³-hybridized carbons (Fsp3) is 0.733. The van der Waals surface area contributed by atoms with Crippen LogP contribution < -0.4 is 5.32 Å². The van der Waals surface area contributed by atoms with Gasteiger partial charge in [0.2, 0.25) is 0 Å². The van der Waals surface area contributed by atoms with E-state index in [1.807, 2.05) is 12.4 Å². The second kappa shape index (κ2) is 6.81. The number of rotatable bonds is 3. The lowest BCUT2D eigenvalue weighted by Gasteiger charge is -2.62. The van der Waals surface area contributed by atoms with Crippen LogP contribution in [0.2, 0.25) is 0 Å². The van der Waals surface area contributed by atoms with E-state index in [2.05, 4.69) is 49.8 Å². The van der Waals surface area contributed by atoms with Gasteiger partial charge in [-0.25, -0.2) is 9.98 Å². The van der Waals surface area contributed by atoms with E-state index in [4.69, 9.17) is 4.99 Å². The van der Waals surface area contributed by atoms with Crippen molar-refractivity contribution in [2.24, 2.45) is 10.4 Å². The molecule has 0 saturated carbocycles. The van der Waals surface area contributed by atoms with E-state index in [9.17, 15) is 0 Å². The third-order valence-electron chi connectivity index (χ3n) is 4.69. The standard InChI is InChI=1S/C15H26N4S.HI/c1-7-16-13(17-8-12-11(2)18-10-20-12)19-9-14(3,4)15(19,5)6;/h10H,7-9H2,1-6H3,(H,16,17);1H. The second-order valence-corrected chi connectivity index (χ2v) is 7.50. The molecule has 0 unspecified atom stereocenters. The average molecular weight is 422 g/mol. The van der Waals surface area contributed by atoms with E-state index in [0.29, 0.717) is 12.0 Å². The molecule has 21 heavy (non-hydrogen) atoms. The minimum absolute atomic E-state index is 0. The molecule has 0 amide bonds. The normalized spacial score (nSPS) is 19.7. The zero-order valence-electron chi connectivity index (χ0n) is 13.9. The molecule has 120 valence electrons. The maximum atomic E-state index is 4.80. The molecular weight excluding hydrogens is 395 g/mol. The van der Waals surface area contributed by atoms with E-state index in [1.54, 1.807) is 11.3 Å². The average Bonchev–Trinajstić information content (AvgIpc) is 2.77. The van der Waals surface area contributed by atoms with Crippen molar-refractivity contribution in [2.45, 2.75) is 53.6 Å². The van der Waals surface area contributed by atoms with Gasteiger partial charge in [-0.05, 0) is 27.7 Å². The summed E-state index contributed by atoms with van der Waals surface area (Å²) in [5.74, 6) is 1.02. The summed E-state index contributed by atoms with van der Waals surface area (Å²) >= 11 is 1.68. The molecule has 1 N–H and O–H groups in total. The first kappa shape index (κ1) is 18.7. The molecule has 2 heterocycles. The van der Waals surface area contributed by atoms with Crippen LogP contribution in [-0.4, -0.2) is 34.5 Å². The van der Waals surface area contributed by atoms with Crippen LogP contribution in [0.5, 0.6) is 0 Å². The summed E-state index contributed by atoms with van der Waals surface area (Å²) < 4.78 is 0. The number of nitrogens with one attached hydrogen (secondary N) is 1. The van der Waals surface area contributed by atoms with Gasteiger partial charge >= 0.3 is 0 Å². The third kappa shape index (κ3) is 3.52. The Balaban J connectivity index is 0.00000220. The van der Waals surface area contributed by atoms with Crippen LogP contribution in [0.4, 0.5) is 0 Å². The minimum Gasteiger partial charge on any atom is -0.356 e. The molecule has 1 fully saturated rings. The summed E-state index contributed by atoms with van der Waals surface area (Å²) in [6.45, 7) is 16.0. The summed E-state index contributed by atoms with van der Waals surface area (Å²) in [7, 11) is 0. The largest absolute Gasteiger partial charge is 0.356 e. The molecule has 6 heteroatoms. The molecule has 0 bridgehead atoms. The van der Waals surface area contributed by atoms with Crippen LogP contribution >= 0.6 is 35.3 Å². The number of halogens is 1. The zero-order chi connectivity index (χ0) is 15.0. The first-order valence-corrected chi connectivity index (χ1v) is 8.12. The maximum Gasteiger partial charge on any atom is 0.194 e. The molecule has 0 aliphatic carbocycles. The number of thiazole rings is 1. The Morgan fingerprint density at radius 1 is 1.43 bits per heavy atom. The lowest BCUT2D eigenvalue weighted by atomic mass is 9.65. The molecule has 1 aliphatic heterocycles. The van der Waals surface area contributed by atoms with E-state index >= 15 is 0 Å². The molecule has 0 spiro atoms. The highest BCUT2D eigenvalue weighted by molar-refractivity contribution is 14.0. The van der Waals surface area contributed by atoms with Crippen molar-refractivity contribution in [3.63, 3.8) is 0 Å². The van der Waals surface area contributed by atoms with Crippen LogP contribution in [0.25, 0.3) is 0 Å². The van der Waals surface area contributed by atoms with Gasteiger partial charge in [0.05, 0.1) is 17.7 Å². The Morgan fingerprint density at radius 2 is 2.10 bits per heavy atom. The van der Waals surface area contributed by atoms with E-state index < -0.39 is 0 Å². The minimum atomic E-state index is 0. The Labute approximate surface area is 149 Å². The topological polar surface area (TPSA) is 40.5 Å². The van der Waals surface area contributed by atoms with Gasteiger partial charge in [0.1, 0.15) is 0 Å². The van der Waals surface area contributed by atoms with Crippen LogP contribution in [0.15, 0.2) is 10.5 Å². The maximum absolute atomic E-state index is 4.80. The van der Waals surface area contributed by atoms with Gasteiger partial charge in [-0.1, -0.05) is 13.8 Å². The van der Waals surface area contributed by atoms with Gasteiger partial charge in [-0.3, -0.25) is 0 Å². The summed E-state index contributed by atoms with van der Waals surface area (Å²) in [6, 6.07) is 0. The smallest absolute Gasteiger partial charge is 0.194 e. The number of nitrogens with zero attached hydrogens (tertiary/aromatic N) is 3. The van der Waals surface area contributed by atoms with Crippen molar-refractivity contribution >= 4 is 41.3 Å². The quantitative estimate of drug-likeness (QED) is 0.459. The molecule has 4 nitrogen and oxygen atoms in total. The molecule has 2 rings (SSSR count). The van der Waals surface area contributed by atoms with Gasteiger partial charge in [-0.15, -0.1) is 35.3 Å². The number of hydrogen-bond donors (Lipinski definition) is 1. The summed E-state index contributed by atoms with van der Waals surface area (Å²) in [4.78, 5) is 12.7. The molecule has 1 aromatic heterocycles. The van der Waals surface area contributed by atoms with E-state index in [1.165, 1.54) is 4.88 Å². The molecular formula is C15H27IN4S. The van der Waals surface area contributed by atoms with Crippen molar-refractivity contribution in [3.8, 4) is 0 Å². The van der Waals surface area contributed by atoms with Gasteiger partial charge in [0.15, 0.2) is 5.96 Å². The van der Waals surface area contributed by atoms with Crippen LogP contribution in [0, 0.1) is 12.3 Å². The van der Waals surface area contributed by atoms with Crippen LogP contribution in [-0.2, 0) is 6.54 Å². The molecule has 1 saturated heterocycles. The number of hydrogen-bond acceptors (Lipinski definition) is 3. The highest BCUT2D eigenvalue weighted by Crippen LogP contribution is 2.46. The Bertz CT molecular complexity index is 508. The van der Waals surface area contributed by atoms with Crippen molar-refractivity contribution in [3.05, 3.63) is 16.1 Å². The van der Waals surface area contributed by atoms with Gasteiger partial charge in [0, 0.05) is 28.9 Å². The van der Waals surface area contributed by atoms with Crippen molar-refractivity contribution in [2.75, 3.05) is 13.1 Å². The number of aryl methyl sites for hydroxylation is 1. The number of aliphatic imine (C=N–C) groups is 1. The number of aromatic nitrogens is 1. The Morgan fingerprint density at radius 3 is 2.52 bits per heavy atom. The predicted molar refractivity (Wildman–Crippen MR) is 102 cm³/mol. The lowest BCUT2D eigenvalue weighted by molar-refractivity contribution is -0.0667. The number of guanidine groups is 1. The summed E-state index contributed by atoms with van der Waals surface area (Å²) in [5.41, 5.74) is 3.45. The SMILES string of the molecule is CCNC(=NCc1scnc1C)N1CC(C)(C)C1(C)C.I. The van der Waals surface area contributed by atoms with E-state index in [0.717, 1.165) is 24.7 Å². The highest BCUT2D eigenvalue weighted by Gasteiger charge is 2.53. The zero-order valence-corrected chi connectivity index (χ0v) is 17.0. The second-order valence-electron chi connectivity index (χ2n) is 6.56. The molecule has 0 radical (unpaired) electrons. The van der Waals surface area contributed by atoms with Crippen molar-refractivity contribution in [1.82, 2.24) is 15.2 Å². The molecule has 0 aromatic carbocycles. The molecule has 1 aromatic rings. The third-order valence-corrected chi connectivity index (χ3v) is 5.61. The summed E-state index contributed by atoms with van der Waals surface area (Å²) in [5, 5.41) is 3.42. The fourth-order valence-corrected chi connectivity index (χ4v) is 3.12.